The van der Waals surface area contributed by atoms with Crippen LogP contribution in [0.5, 0.6) is 0 Å². The van der Waals surface area contributed by atoms with Crippen LogP contribution in [0.25, 0.3) is 10.9 Å². The van der Waals surface area contributed by atoms with Gasteiger partial charge in [0.2, 0.25) is 5.91 Å². The van der Waals surface area contributed by atoms with Gasteiger partial charge in [-0.25, -0.2) is 4.98 Å². The summed E-state index contributed by atoms with van der Waals surface area (Å²) in [6.07, 6.45) is 1.44. The van der Waals surface area contributed by atoms with Gasteiger partial charge in [0.05, 0.1) is 17.2 Å². The average Bonchev–Trinajstić information content (AvgIpc) is 2.74. The zero-order valence-electron chi connectivity index (χ0n) is 17.3. The molecule has 0 fully saturated rings. The molecule has 0 spiro atoms. The number of aromatic nitrogens is 2. The van der Waals surface area contributed by atoms with E-state index in [1.807, 2.05) is 31.2 Å². The van der Waals surface area contributed by atoms with E-state index in [-0.39, 0.29) is 18.0 Å². The Kier molecular flexibility index (Phi) is 6.77. The first kappa shape index (κ1) is 20.7. The number of hydrogen-bond donors (Lipinski definition) is 1. The van der Waals surface area contributed by atoms with E-state index in [0.29, 0.717) is 17.4 Å². The summed E-state index contributed by atoms with van der Waals surface area (Å²) < 4.78 is 1.35. The van der Waals surface area contributed by atoms with Crippen molar-refractivity contribution in [1.82, 2.24) is 19.8 Å². The number of amides is 1. The molecule has 1 N–H and O–H groups in total. The van der Waals surface area contributed by atoms with Crippen LogP contribution >= 0.6 is 0 Å². The lowest BCUT2D eigenvalue weighted by Crippen LogP contribution is -2.32. The Morgan fingerprint density at radius 2 is 1.76 bits per heavy atom. The molecule has 29 heavy (non-hydrogen) atoms. The number of rotatable bonds is 8. The van der Waals surface area contributed by atoms with Crippen molar-refractivity contribution in [2.75, 3.05) is 13.1 Å². The second-order valence-corrected chi connectivity index (χ2v) is 7.20. The molecule has 0 aliphatic carbocycles. The molecule has 2 aromatic carbocycles. The van der Waals surface area contributed by atoms with Crippen LogP contribution in [-0.2, 0) is 24.4 Å². The maximum atomic E-state index is 12.6. The van der Waals surface area contributed by atoms with Crippen molar-refractivity contribution in [3.63, 3.8) is 0 Å². The highest BCUT2D eigenvalue weighted by molar-refractivity contribution is 5.81. The highest BCUT2D eigenvalue weighted by Crippen LogP contribution is 2.11. The maximum absolute atomic E-state index is 12.6. The third-order valence-corrected chi connectivity index (χ3v) is 5.18. The Morgan fingerprint density at radius 3 is 2.45 bits per heavy atom. The number of nitrogens with one attached hydrogen (secondary N) is 1. The van der Waals surface area contributed by atoms with Crippen LogP contribution in [0.3, 0.4) is 0 Å². The molecule has 0 aliphatic rings. The summed E-state index contributed by atoms with van der Waals surface area (Å²) in [6.45, 7) is 9.59. The van der Waals surface area contributed by atoms with Gasteiger partial charge in [-0.15, -0.1) is 0 Å². The molecule has 1 amide bonds. The predicted molar refractivity (Wildman–Crippen MR) is 116 cm³/mol. The number of carbonyl (C=O) groups excluding carboxylic acids is 1. The van der Waals surface area contributed by atoms with E-state index in [4.69, 9.17) is 0 Å². The van der Waals surface area contributed by atoms with Crippen molar-refractivity contribution in [1.29, 1.82) is 0 Å². The van der Waals surface area contributed by atoms with E-state index < -0.39 is 0 Å². The van der Waals surface area contributed by atoms with E-state index >= 15 is 0 Å². The highest BCUT2D eigenvalue weighted by Gasteiger charge is 2.09. The summed E-state index contributed by atoms with van der Waals surface area (Å²) in [5.74, 6) is -0.215. The van der Waals surface area contributed by atoms with Gasteiger partial charge >= 0.3 is 0 Å². The lowest BCUT2D eigenvalue weighted by molar-refractivity contribution is -0.121. The quantitative estimate of drug-likeness (QED) is 0.640. The molecule has 3 rings (SSSR count). The zero-order chi connectivity index (χ0) is 20.8. The average molecular weight is 393 g/mol. The molecule has 0 saturated carbocycles. The van der Waals surface area contributed by atoms with E-state index in [1.165, 1.54) is 16.5 Å². The summed E-state index contributed by atoms with van der Waals surface area (Å²) in [7, 11) is 0. The van der Waals surface area contributed by atoms with Crippen LogP contribution in [0.15, 0.2) is 53.6 Å². The zero-order valence-corrected chi connectivity index (χ0v) is 17.3. The first-order chi connectivity index (χ1) is 14.0. The maximum Gasteiger partial charge on any atom is 0.261 e. The van der Waals surface area contributed by atoms with Gasteiger partial charge in [-0.1, -0.05) is 50.2 Å². The van der Waals surface area contributed by atoms with Crippen LogP contribution < -0.4 is 10.9 Å². The van der Waals surface area contributed by atoms with Gasteiger partial charge in [-0.3, -0.25) is 19.1 Å². The molecule has 6 nitrogen and oxygen atoms in total. The number of carbonyl (C=O) groups is 1. The Hall–Kier alpha value is -2.99. The third kappa shape index (κ3) is 5.09. The van der Waals surface area contributed by atoms with Crippen molar-refractivity contribution >= 4 is 16.8 Å². The van der Waals surface area contributed by atoms with Gasteiger partial charge in [0, 0.05) is 13.1 Å². The fraction of sp³-hybridized carbons (Fsp3) is 0.348. The third-order valence-electron chi connectivity index (χ3n) is 5.18. The van der Waals surface area contributed by atoms with E-state index in [0.717, 1.165) is 30.8 Å². The SMILES string of the molecule is CCN(CC)Cc1ccc(CNC(=O)Cn2cnc3c(C)cccc3c2=O)cc1. The first-order valence-corrected chi connectivity index (χ1v) is 10.0. The second kappa shape index (κ2) is 9.47. The fourth-order valence-corrected chi connectivity index (χ4v) is 3.33. The minimum absolute atomic E-state index is 0.0459. The number of hydrogen-bond acceptors (Lipinski definition) is 4. The Balaban J connectivity index is 1.60. The molecule has 152 valence electrons. The first-order valence-electron chi connectivity index (χ1n) is 10.0. The summed E-state index contributed by atoms with van der Waals surface area (Å²) in [5, 5.41) is 3.41. The number of aryl methyl sites for hydroxylation is 1. The van der Waals surface area contributed by atoms with E-state index in [2.05, 4.69) is 41.2 Å². The summed E-state index contributed by atoms with van der Waals surface area (Å²) in [5.41, 5.74) is 3.71. The van der Waals surface area contributed by atoms with Crippen LogP contribution in [0.2, 0.25) is 0 Å². The molecule has 0 unspecified atom stereocenters. The Labute approximate surface area is 171 Å². The number of para-hydroxylation sites is 1. The lowest BCUT2D eigenvalue weighted by atomic mass is 10.1. The van der Waals surface area contributed by atoms with Crippen LogP contribution in [-0.4, -0.2) is 33.4 Å². The van der Waals surface area contributed by atoms with Crippen molar-refractivity contribution in [2.24, 2.45) is 0 Å². The monoisotopic (exact) mass is 392 g/mol. The molecule has 1 aromatic heterocycles. The fourth-order valence-electron chi connectivity index (χ4n) is 3.33. The van der Waals surface area contributed by atoms with Crippen LogP contribution in [0, 0.1) is 6.92 Å². The lowest BCUT2D eigenvalue weighted by Gasteiger charge is -2.18. The Bertz CT molecular complexity index is 1040. The summed E-state index contributed by atoms with van der Waals surface area (Å²) in [6, 6.07) is 13.7. The topological polar surface area (TPSA) is 67.2 Å². The summed E-state index contributed by atoms with van der Waals surface area (Å²) >= 11 is 0. The molecule has 1 heterocycles. The van der Waals surface area contributed by atoms with Gasteiger partial charge in [0.1, 0.15) is 6.54 Å². The van der Waals surface area contributed by atoms with Gasteiger partial charge in [-0.2, -0.15) is 0 Å². The van der Waals surface area contributed by atoms with E-state index in [9.17, 15) is 9.59 Å². The second-order valence-electron chi connectivity index (χ2n) is 7.20. The molecule has 0 atom stereocenters. The number of benzene rings is 2. The minimum atomic E-state index is -0.215. The normalized spacial score (nSPS) is 11.2. The van der Waals surface area contributed by atoms with Gasteiger partial charge in [0.15, 0.2) is 0 Å². The molecule has 6 heteroatoms. The number of nitrogens with zero attached hydrogens (tertiary/aromatic N) is 3. The van der Waals surface area contributed by atoms with Crippen molar-refractivity contribution in [3.05, 3.63) is 75.8 Å². The van der Waals surface area contributed by atoms with Crippen molar-refractivity contribution in [2.45, 2.75) is 40.4 Å². The molecule has 0 radical (unpaired) electrons. The largest absolute Gasteiger partial charge is 0.350 e. The molecule has 0 bridgehead atoms. The van der Waals surface area contributed by atoms with Crippen LogP contribution in [0.1, 0.15) is 30.5 Å². The van der Waals surface area contributed by atoms with Crippen LogP contribution in [0.4, 0.5) is 0 Å². The molecular weight excluding hydrogens is 364 g/mol. The van der Waals surface area contributed by atoms with Gasteiger partial charge in [0.25, 0.3) is 5.56 Å². The Morgan fingerprint density at radius 1 is 1.07 bits per heavy atom. The van der Waals surface area contributed by atoms with Gasteiger partial charge < -0.3 is 5.32 Å². The number of fused-ring (bicyclic) bond motifs is 1. The van der Waals surface area contributed by atoms with E-state index in [1.54, 1.807) is 6.07 Å². The molecule has 3 aromatic rings. The minimum Gasteiger partial charge on any atom is -0.350 e. The smallest absolute Gasteiger partial charge is 0.261 e. The molecular formula is C23H28N4O2. The summed E-state index contributed by atoms with van der Waals surface area (Å²) in [4.78, 5) is 31.6. The molecule has 0 aliphatic heterocycles. The van der Waals surface area contributed by atoms with Gasteiger partial charge in [-0.05, 0) is 42.8 Å². The standard InChI is InChI=1S/C23H28N4O2/c1-4-26(5-2)14-19-11-9-18(10-12-19)13-24-21(28)15-27-16-25-22-17(3)7-6-8-20(22)23(27)29/h6-12,16H,4-5,13-15H2,1-3H3,(H,24,28). The van der Waals surface area contributed by atoms with Crippen molar-refractivity contribution < 1.29 is 4.79 Å². The predicted octanol–water partition coefficient (Wildman–Crippen LogP) is 2.86. The van der Waals surface area contributed by atoms with Crippen molar-refractivity contribution in [3.8, 4) is 0 Å². The molecule has 0 saturated heterocycles. The highest BCUT2D eigenvalue weighted by atomic mass is 16.2.